The Morgan fingerprint density at radius 3 is 2.11 bits per heavy atom. The summed E-state index contributed by atoms with van der Waals surface area (Å²) >= 11 is 0. The Bertz CT molecular complexity index is 421. The number of amides is 1. The van der Waals surface area contributed by atoms with Gasteiger partial charge in [0.2, 0.25) is 0 Å². The van der Waals surface area contributed by atoms with Gasteiger partial charge in [0.15, 0.2) is 0 Å². The van der Waals surface area contributed by atoms with Crippen LogP contribution in [0.2, 0.25) is 0 Å². The molecule has 0 aliphatic rings. The normalized spacial score (nSPS) is 11.3. The fourth-order valence-electron chi connectivity index (χ4n) is 1.29. The van der Waals surface area contributed by atoms with E-state index in [-0.39, 0.29) is 11.3 Å². The standard InChI is InChI=1S/C11H15NO6/c13-4-11(5-14,6-15)12-10(18)8-2-1-7(16)3-9(8)17/h1-3,13-17H,4-6H2,(H,12,18). The van der Waals surface area contributed by atoms with Crippen LogP contribution < -0.4 is 5.32 Å². The lowest BCUT2D eigenvalue weighted by molar-refractivity contribution is 0.0374. The number of benzene rings is 1. The highest BCUT2D eigenvalue weighted by atomic mass is 16.3. The molecule has 1 rings (SSSR count). The molecule has 0 aliphatic carbocycles. The van der Waals surface area contributed by atoms with Crippen molar-refractivity contribution in [1.29, 1.82) is 0 Å². The summed E-state index contributed by atoms with van der Waals surface area (Å²) in [5, 5.41) is 47.9. The van der Waals surface area contributed by atoms with Crippen molar-refractivity contribution in [2.75, 3.05) is 19.8 Å². The van der Waals surface area contributed by atoms with Crippen LogP contribution >= 0.6 is 0 Å². The highest BCUT2D eigenvalue weighted by Crippen LogP contribution is 2.22. The van der Waals surface area contributed by atoms with E-state index >= 15 is 0 Å². The van der Waals surface area contributed by atoms with E-state index in [1.54, 1.807) is 0 Å². The molecule has 0 saturated heterocycles. The Morgan fingerprint density at radius 2 is 1.67 bits per heavy atom. The van der Waals surface area contributed by atoms with E-state index in [2.05, 4.69) is 5.32 Å². The molecule has 0 atom stereocenters. The van der Waals surface area contributed by atoms with Gasteiger partial charge in [-0.3, -0.25) is 4.79 Å². The number of rotatable bonds is 5. The minimum absolute atomic E-state index is 0.146. The van der Waals surface area contributed by atoms with Crippen molar-refractivity contribution >= 4 is 5.91 Å². The van der Waals surface area contributed by atoms with Crippen LogP contribution in [0.25, 0.3) is 0 Å². The summed E-state index contributed by atoms with van der Waals surface area (Å²) in [6.07, 6.45) is 0. The number of aliphatic hydroxyl groups excluding tert-OH is 3. The molecule has 6 N–H and O–H groups in total. The van der Waals surface area contributed by atoms with Gasteiger partial charge < -0.3 is 30.8 Å². The molecule has 0 heterocycles. The molecule has 1 aromatic carbocycles. The predicted molar refractivity (Wildman–Crippen MR) is 61.2 cm³/mol. The molecule has 1 amide bonds. The molecule has 0 fully saturated rings. The third-order valence-corrected chi connectivity index (χ3v) is 2.51. The summed E-state index contributed by atoms with van der Waals surface area (Å²) in [6.45, 7) is -1.99. The lowest BCUT2D eigenvalue weighted by Crippen LogP contribution is -2.57. The van der Waals surface area contributed by atoms with Crippen LogP contribution in [0.5, 0.6) is 11.5 Å². The van der Waals surface area contributed by atoms with Gasteiger partial charge in [-0.1, -0.05) is 0 Å². The molecule has 0 radical (unpaired) electrons. The van der Waals surface area contributed by atoms with Crippen molar-refractivity contribution in [3.63, 3.8) is 0 Å². The van der Waals surface area contributed by atoms with E-state index in [0.29, 0.717) is 0 Å². The van der Waals surface area contributed by atoms with Gasteiger partial charge in [0, 0.05) is 6.07 Å². The molecule has 0 saturated carbocycles. The Morgan fingerprint density at radius 1 is 1.11 bits per heavy atom. The Balaban J connectivity index is 2.94. The molecular formula is C11H15NO6. The van der Waals surface area contributed by atoms with Crippen molar-refractivity contribution in [2.24, 2.45) is 0 Å². The van der Waals surface area contributed by atoms with Gasteiger partial charge in [0.25, 0.3) is 5.91 Å². The van der Waals surface area contributed by atoms with Gasteiger partial charge in [0.1, 0.15) is 17.0 Å². The second-order valence-electron chi connectivity index (χ2n) is 3.91. The average molecular weight is 257 g/mol. The van der Waals surface area contributed by atoms with Gasteiger partial charge in [-0.15, -0.1) is 0 Å². The summed E-state index contributed by atoms with van der Waals surface area (Å²) in [6, 6.07) is 3.36. The van der Waals surface area contributed by atoms with Crippen molar-refractivity contribution in [3.05, 3.63) is 23.8 Å². The molecule has 0 aromatic heterocycles. The number of phenols is 2. The first-order chi connectivity index (χ1) is 8.48. The van der Waals surface area contributed by atoms with Crippen LogP contribution in [0.3, 0.4) is 0 Å². The van der Waals surface area contributed by atoms with Gasteiger partial charge in [-0.25, -0.2) is 0 Å². The summed E-state index contributed by atoms with van der Waals surface area (Å²) < 4.78 is 0. The van der Waals surface area contributed by atoms with Gasteiger partial charge >= 0.3 is 0 Å². The quantitative estimate of drug-likeness (QED) is 0.382. The van der Waals surface area contributed by atoms with E-state index in [4.69, 9.17) is 20.4 Å². The summed E-state index contributed by atoms with van der Waals surface area (Å²) in [4.78, 5) is 11.8. The first-order valence-electron chi connectivity index (χ1n) is 5.15. The molecule has 0 spiro atoms. The second kappa shape index (κ2) is 5.67. The lowest BCUT2D eigenvalue weighted by Gasteiger charge is -2.28. The SMILES string of the molecule is O=C(NC(CO)(CO)CO)c1ccc(O)cc1O. The summed E-state index contributed by atoms with van der Waals surface area (Å²) in [5.74, 6) is -1.44. The number of nitrogens with one attached hydrogen (secondary N) is 1. The van der Waals surface area contributed by atoms with Crippen molar-refractivity contribution in [2.45, 2.75) is 5.54 Å². The smallest absolute Gasteiger partial charge is 0.255 e. The molecule has 18 heavy (non-hydrogen) atoms. The monoisotopic (exact) mass is 257 g/mol. The fraction of sp³-hybridized carbons (Fsp3) is 0.364. The molecule has 7 nitrogen and oxygen atoms in total. The average Bonchev–Trinajstić information content (AvgIpc) is 2.36. The number of carbonyl (C=O) groups excluding carboxylic acids is 1. The van der Waals surface area contributed by atoms with E-state index in [9.17, 15) is 9.90 Å². The maximum absolute atomic E-state index is 11.8. The van der Waals surface area contributed by atoms with Crippen LogP contribution in [-0.4, -0.2) is 56.8 Å². The molecular weight excluding hydrogens is 242 g/mol. The van der Waals surface area contributed by atoms with Crippen LogP contribution in [0.4, 0.5) is 0 Å². The number of hydrogen-bond acceptors (Lipinski definition) is 6. The zero-order valence-corrected chi connectivity index (χ0v) is 9.50. The number of phenolic OH excluding ortho intramolecular Hbond substituents is 2. The van der Waals surface area contributed by atoms with Crippen LogP contribution in [0.15, 0.2) is 18.2 Å². The minimum atomic E-state index is -1.57. The van der Waals surface area contributed by atoms with Gasteiger partial charge in [0.05, 0.1) is 25.4 Å². The molecule has 0 aliphatic heterocycles. The maximum atomic E-state index is 11.8. The van der Waals surface area contributed by atoms with E-state index in [1.165, 1.54) is 12.1 Å². The Labute approximate surface area is 103 Å². The molecule has 7 heteroatoms. The second-order valence-corrected chi connectivity index (χ2v) is 3.91. The first kappa shape index (κ1) is 14.2. The molecule has 0 bridgehead atoms. The zero-order chi connectivity index (χ0) is 13.8. The minimum Gasteiger partial charge on any atom is -0.508 e. The number of carbonyl (C=O) groups is 1. The predicted octanol–water partition coefficient (Wildman–Crippen LogP) is -1.46. The van der Waals surface area contributed by atoms with E-state index in [0.717, 1.165) is 6.07 Å². The lowest BCUT2D eigenvalue weighted by atomic mass is 10.0. The topological polar surface area (TPSA) is 130 Å². The van der Waals surface area contributed by atoms with Gasteiger partial charge in [-0.2, -0.15) is 0 Å². The van der Waals surface area contributed by atoms with Crippen molar-refractivity contribution in [1.82, 2.24) is 5.32 Å². The number of aromatic hydroxyl groups is 2. The van der Waals surface area contributed by atoms with Crippen molar-refractivity contribution in [3.8, 4) is 11.5 Å². The van der Waals surface area contributed by atoms with Crippen LogP contribution in [0.1, 0.15) is 10.4 Å². The number of hydrogen-bond donors (Lipinski definition) is 6. The van der Waals surface area contributed by atoms with Crippen molar-refractivity contribution < 1.29 is 30.3 Å². The Hall–Kier alpha value is -1.83. The first-order valence-corrected chi connectivity index (χ1v) is 5.15. The summed E-state index contributed by atoms with van der Waals surface area (Å²) in [5.41, 5.74) is -1.71. The van der Waals surface area contributed by atoms with E-state index in [1.807, 2.05) is 0 Å². The zero-order valence-electron chi connectivity index (χ0n) is 9.50. The van der Waals surface area contributed by atoms with E-state index < -0.39 is 37.0 Å². The van der Waals surface area contributed by atoms with Crippen LogP contribution in [0, 0.1) is 0 Å². The third-order valence-electron chi connectivity index (χ3n) is 2.51. The number of aliphatic hydroxyl groups is 3. The van der Waals surface area contributed by atoms with Crippen LogP contribution in [-0.2, 0) is 0 Å². The molecule has 0 unspecified atom stereocenters. The summed E-state index contributed by atoms with van der Waals surface area (Å²) in [7, 11) is 0. The largest absolute Gasteiger partial charge is 0.508 e. The molecule has 100 valence electrons. The van der Waals surface area contributed by atoms with Gasteiger partial charge in [-0.05, 0) is 12.1 Å². The fourth-order valence-corrected chi connectivity index (χ4v) is 1.29. The Kier molecular flexibility index (Phi) is 4.49. The third kappa shape index (κ3) is 2.89. The highest BCUT2D eigenvalue weighted by molar-refractivity contribution is 5.97. The molecule has 1 aromatic rings. The highest BCUT2D eigenvalue weighted by Gasteiger charge is 2.31. The maximum Gasteiger partial charge on any atom is 0.255 e.